The number of carbonyl (C=O) groups is 1. The first-order valence-electron chi connectivity index (χ1n) is 6.58. The lowest BCUT2D eigenvalue weighted by molar-refractivity contribution is -0.117. The number of para-hydroxylation sites is 2. The van der Waals surface area contributed by atoms with Gasteiger partial charge in [-0.05, 0) is 24.5 Å². The quantitative estimate of drug-likeness (QED) is 0.866. The Bertz CT molecular complexity index is 565. The van der Waals surface area contributed by atoms with Crippen molar-refractivity contribution in [3.05, 3.63) is 36.9 Å². The Hall–Kier alpha value is -2.21. The lowest BCUT2D eigenvalue weighted by Gasteiger charge is -2.16. The molecule has 0 aliphatic heterocycles. The van der Waals surface area contributed by atoms with E-state index >= 15 is 0 Å². The first-order valence-corrected chi connectivity index (χ1v) is 6.58. The van der Waals surface area contributed by atoms with Gasteiger partial charge in [0.05, 0.1) is 17.4 Å². The molecule has 1 amide bonds. The molecule has 0 unspecified atom stereocenters. The van der Waals surface area contributed by atoms with Gasteiger partial charge in [-0.15, -0.1) is 0 Å². The van der Waals surface area contributed by atoms with Crippen LogP contribution < -0.4 is 11.1 Å². The van der Waals surface area contributed by atoms with Crippen molar-refractivity contribution in [3.8, 4) is 5.69 Å². The number of carbonyl (C=O) groups excluding carboxylic acids is 1. The van der Waals surface area contributed by atoms with Gasteiger partial charge in [-0.25, -0.2) is 9.67 Å². The highest BCUT2D eigenvalue weighted by Crippen LogP contribution is 2.19. The Balaban J connectivity index is 2.16. The fourth-order valence-electron chi connectivity index (χ4n) is 1.95. The third-order valence-corrected chi connectivity index (χ3v) is 2.89. The highest BCUT2D eigenvalue weighted by Gasteiger charge is 2.16. The molecule has 0 spiro atoms. The van der Waals surface area contributed by atoms with E-state index in [-0.39, 0.29) is 5.91 Å². The van der Waals surface area contributed by atoms with E-state index in [0.29, 0.717) is 18.0 Å². The van der Waals surface area contributed by atoms with Crippen LogP contribution in [0, 0.1) is 5.92 Å². The van der Waals surface area contributed by atoms with Gasteiger partial charge < -0.3 is 11.1 Å². The summed E-state index contributed by atoms with van der Waals surface area (Å²) in [5.74, 6) is 0.188. The van der Waals surface area contributed by atoms with E-state index in [1.807, 2.05) is 38.1 Å². The van der Waals surface area contributed by atoms with Crippen molar-refractivity contribution in [2.45, 2.75) is 26.3 Å². The molecule has 1 atom stereocenters. The minimum Gasteiger partial charge on any atom is -0.323 e. The van der Waals surface area contributed by atoms with E-state index in [1.165, 1.54) is 6.33 Å². The second kappa shape index (κ2) is 6.29. The summed E-state index contributed by atoms with van der Waals surface area (Å²) in [5.41, 5.74) is 7.32. The standard InChI is InChI=1S/C14H19N5O/c1-10(2)7-11(15)14(20)18-12-5-3-4-6-13(12)19-9-16-8-17-19/h3-6,8-11H,7,15H2,1-2H3,(H,18,20)/t11-/m0/s1. The van der Waals surface area contributed by atoms with E-state index < -0.39 is 6.04 Å². The Morgan fingerprint density at radius 3 is 2.80 bits per heavy atom. The fourth-order valence-corrected chi connectivity index (χ4v) is 1.95. The predicted molar refractivity (Wildman–Crippen MR) is 77.4 cm³/mol. The lowest BCUT2D eigenvalue weighted by atomic mass is 10.0. The van der Waals surface area contributed by atoms with Gasteiger partial charge >= 0.3 is 0 Å². The van der Waals surface area contributed by atoms with Gasteiger partial charge in [-0.3, -0.25) is 4.79 Å². The molecule has 20 heavy (non-hydrogen) atoms. The van der Waals surface area contributed by atoms with Gasteiger partial charge in [0, 0.05) is 0 Å². The molecule has 1 aromatic carbocycles. The molecule has 2 rings (SSSR count). The zero-order valence-corrected chi connectivity index (χ0v) is 11.7. The second-order valence-corrected chi connectivity index (χ2v) is 5.08. The van der Waals surface area contributed by atoms with Crippen LogP contribution in [0.3, 0.4) is 0 Å². The molecule has 0 radical (unpaired) electrons. The number of hydrogen-bond donors (Lipinski definition) is 2. The fraction of sp³-hybridized carbons (Fsp3) is 0.357. The SMILES string of the molecule is CC(C)C[C@H](N)C(=O)Nc1ccccc1-n1cncn1. The Kier molecular flexibility index (Phi) is 4.47. The summed E-state index contributed by atoms with van der Waals surface area (Å²) in [5, 5.41) is 6.92. The summed E-state index contributed by atoms with van der Waals surface area (Å²) in [6.45, 7) is 4.08. The number of rotatable bonds is 5. The van der Waals surface area contributed by atoms with Crippen molar-refractivity contribution >= 4 is 11.6 Å². The van der Waals surface area contributed by atoms with Crippen LogP contribution in [-0.4, -0.2) is 26.7 Å². The number of anilines is 1. The maximum absolute atomic E-state index is 12.1. The molecule has 0 bridgehead atoms. The molecule has 0 saturated carbocycles. The molecule has 2 aromatic rings. The van der Waals surface area contributed by atoms with Crippen molar-refractivity contribution in [3.63, 3.8) is 0 Å². The molecule has 0 aliphatic rings. The number of nitrogens with zero attached hydrogens (tertiary/aromatic N) is 3. The van der Waals surface area contributed by atoms with Crippen molar-refractivity contribution < 1.29 is 4.79 Å². The topological polar surface area (TPSA) is 85.8 Å². The highest BCUT2D eigenvalue weighted by atomic mass is 16.2. The van der Waals surface area contributed by atoms with Crippen LogP contribution in [0.4, 0.5) is 5.69 Å². The molecule has 106 valence electrons. The van der Waals surface area contributed by atoms with Gasteiger partial charge in [0.15, 0.2) is 0 Å². The molecule has 0 fully saturated rings. The van der Waals surface area contributed by atoms with Gasteiger partial charge in [-0.1, -0.05) is 26.0 Å². The maximum atomic E-state index is 12.1. The molecule has 6 heteroatoms. The zero-order valence-electron chi connectivity index (χ0n) is 11.7. The highest BCUT2D eigenvalue weighted by molar-refractivity contribution is 5.96. The summed E-state index contributed by atoms with van der Waals surface area (Å²) in [6.07, 6.45) is 3.68. The van der Waals surface area contributed by atoms with Gasteiger partial charge in [-0.2, -0.15) is 5.10 Å². The number of nitrogens with two attached hydrogens (primary N) is 1. The van der Waals surface area contributed by atoms with Crippen molar-refractivity contribution in [1.82, 2.24) is 14.8 Å². The first kappa shape index (κ1) is 14.2. The van der Waals surface area contributed by atoms with Crippen LogP contribution in [0.25, 0.3) is 5.69 Å². The molecule has 0 aliphatic carbocycles. The number of aromatic nitrogens is 3. The van der Waals surface area contributed by atoms with Crippen LogP contribution in [0.5, 0.6) is 0 Å². The Morgan fingerprint density at radius 1 is 1.40 bits per heavy atom. The van der Waals surface area contributed by atoms with Gasteiger partial charge in [0.2, 0.25) is 5.91 Å². The summed E-state index contributed by atoms with van der Waals surface area (Å²) in [7, 11) is 0. The number of benzene rings is 1. The van der Waals surface area contributed by atoms with Crippen LogP contribution in [-0.2, 0) is 4.79 Å². The van der Waals surface area contributed by atoms with Crippen LogP contribution in [0.2, 0.25) is 0 Å². The summed E-state index contributed by atoms with van der Waals surface area (Å²) >= 11 is 0. The number of nitrogens with one attached hydrogen (secondary N) is 1. The predicted octanol–water partition coefficient (Wildman–Crippen LogP) is 1.58. The average molecular weight is 273 g/mol. The van der Waals surface area contributed by atoms with E-state index in [0.717, 1.165) is 5.69 Å². The largest absolute Gasteiger partial charge is 0.323 e. The van der Waals surface area contributed by atoms with E-state index in [1.54, 1.807) is 11.0 Å². The third kappa shape index (κ3) is 3.42. The molecule has 1 heterocycles. The normalized spacial score (nSPS) is 12.4. The second-order valence-electron chi connectivity index (χ2n) is 5.08. The zero-order chi connectivity index (χ0) is 14.5. The first-order chi connectivity index (χ1) is 9.58. The van der Waals surface area contributed by atoms with Crippen molar-refractivity contribution in [1.29, 1.82) is 0 Å². The third-order valence-electron chi connectivity index (χ3n) is 2.89. The minimum absolute atomic E-state index is 0.189. The molecule has 0 saturated heterocycles. The Morgan fingerprint density at radius 2 is 2.15 bits per heavy atom. The van der Waals surface area contributed by atoms with Crippen LogP contribution in [0.1, 0.15) is 20.3 Å². The van der Waals surface area contributed by atoms with Gasteiger partial charge in [0.25, 0.3) is 0 Å². The van der Waals surface area contributed by atoms with Crippen molar-refractivity contribution in [2.24, 2.45) is 11.7 Å². The van der Waals surface area contributed by atoms with E-state index in [2.05, 4.69) is 15.4 Å². The Labute approximate surface area is 118 Å². The summed E-state index contributed by atoms with van der Waals surface area (Å²) in [4.78, 5) is 16.0. The van der Waals surface area contributed by atoms with Gasteiger partial charge in [0.1, 0.15) is 12.7 Å². The molecule has 6 nitrogen and oxygen atoms in total. The smallest absolute Gasteiger partial charge is 0.241 e. The van der Waals surface area contributed by atoms with E-state index in [4.69, 9.17) is 5.73 Å². The average Bonchev–Trinajstić information content (AvgIpc) is 2.92. The lowest BCUT2D eigenvalue weighted by Crippen LogP contribution is -2.36. The monoisotopic (exact) mass is 273 g/mol. The van der Waals surface area contributed by atoms with Crippen molar-refractivity contribution in [2.75, 3.05) is 5.32 Å². The minimum atomic E-state index is -0.515. The summed E-state index contributed by atoms with van der Waals surface area (Å²) in [6, 6.07) is 6.89. The van der Waals surface area contributed by atoms with E-state index in [9.17, 15) is 4.79 Å². The molecular weight excluding hydrogens is 254 g/mol. The number of hydrogen-bond acceptors (Lipinski definition) is 4. The summed E-state index contributed by atoms with van der Waals surface area (Å²) < 4.78 is 1.60. The number of amides is 1. The van der Waals surface area contributed by atoms with Crippen LogP contribution in [0.15, 0.2) is 36.9 Å². The molecule has 1 aromatic heterocycles. The maximum Gasteiger partial charge on any atom is 0.241 e. The molecular formula is C14H19N5O. The molecule has 3 N–H and O–H groups in total. The van der Waals surface area contributed by atoms with Crippen LogP contribution >= 0.6 is 0 Å².